The summed E-state index contributed by atoms with van der Waals surface area (Å²) in [7, 11) is 1.65. The van der Waals surface area contributed by atoms with Gasteiger partial charge in [0.2, 0.25) is 5.91 Å². The van der Waals surface area contributed by atoms with Gasteiger partial charge in [0, 0.05) is 12.0 Å². The van der Waals surface area contributed by atoms with Gasteiger partial charge in [0.15, 0.2) is 11.5 Å². The summed E-state index contributed by atoms with van der Waals surface area (Å²) in [4.78, 5) is 12.4. The van der Waals surface area contributed by atoms with E-state index in [1.54, 1.807) is 7.11 Å². The van der Waals surface area contributed by atoms with Crippen molar-refractivity contribution >= 4 is 5.91 Å². The first-order valence-corrected chi connectivity index (χ1v) is 9.69. The number of aryl methyl sites for hydroxylation is 1. The van der Waals surface area contributed by atoms with Crippen LogP contribution >= 0.6 is 0 Å². The third-order valence-corrected chi connectivity index (χ3v) is 5.07. The zero-order valence-electron chi connectivity index (χ0n) is 16.1. The molecule has 1 atom stereocenters. The van der Waals surface area contributed by atoms with Crippen LogP contribution < -0.4 is 14.8 Å². The minimum atomic E-state index is 0.0843. The molecule has 1 aliphatic rings. The van der Waals surface area contributed by atoms with Gasteiger partial charge in [-0.15, -0.1) is 0 Å². The van der Waals surface area contributed by atoms with E-state index in [2.05, 4.69) is 19.2 Å². The number of benzene rings is 1. The number of hydrogen-bond acceptors (Lipinski definition) is 3. The van der Waals surface area contributed by atoms with Crippen molar-refractivity contribution in [2.24, 2.45) is 5.92 Å². The molecule has 1 saturated carbocycles. The van der Waals surface area contributed by atoms with E-state index >= 15 is 0 Å². The van der Waals surface area contributed by atoms with Crippen LogP contribution in [0.5, 0.6) is 11.5 Å². The Morgan fingerprint density at radius 3 is 2.64 bits per heavy atom. The molecule has 0 spiro atoms. The van der Waals surface area contributed by atoms with Gasteiger partial charge in [-0.3, -0.25) is 4.79 Å². The van der Waals surface area contributed by atoms with Crippen molar-refractivity contribution in [3.63, 3.8) is 0 Å². The van der Waals surface area contributed by atoms with E-state index < -0.39 is 0 Å². The average Bonchev–Trinajstić information content (AvgIpc) is 2.57. The molecule has 2 rings (SSSR count). The van der Waals surface area contributed by atoms with Crippen LogP contribution in [0.1, 0.15) is 64.4 Å². The molecule has 4 heteroatoms. The second kappa shape index (κ2) is 9.69. The van der Waals surface area contributed by atoms with Crippen LogP contribution in [0.2, 0.25) is 0 Å². The minimum absolute atomic E-state index is 0.0843. The molecule has 1 aromatic carbocycles. The van der Waals surface area contributed by atoms with Gasteiger partial charge in [-0.2, -0.15) is 0 Å². The van der Waals surface area contributed by atoms with E-state index in [4.69, 9.17) is 9.47 Å². The highest BCUT2D eigenvalue weighted by Gasteiger charge is 2.37. The largest absolute Gasteiger partial charge is 0.493 e. The highest BCUT2D eigenvalue weighted by atomic mass is 16.5. The highest BCUT2D eigenvalue weighted by Crippen LogP contribution is 2.36. The Morgan fingerprint density at radius 2 is 2.00 bits per heavy atom. The molecule has 0 aliphatic heterocycles. The number of rotatable bonds is 10. The van der Waals surface area contributed by atoms with Crippen molar-refractivity contribution < 1.29 is 14.3 Å². The molecule has 0 aromatic heterocycles. The molecule has 1 N–H and O–H groups in total. The van der Waals surface area contributed by atoms with Gasteiger partial charge in [0.25, 0.3) is 0 Å². The summed E-state index contributed by atoms with van der Waals surface area (Å²) in [6.45, 7) is 6.39. The Balaban J connectivity index is 1.77. The summed E-state index contributed by atoms with van der Waals surface area (Å²) in [5, 5.41) is 3.22. The maximum atomic E-state index is 12.4. The highest BCUT2D eigenvalue weighted by molar-refractivity contribution is 5.80. The first-order valence-electron chi connectivity index (χ1n) is 9.69. The molecule has 1 aliphatic carbocycles. The zero-order chi connectivity index (χ0) is 18.2. The van der Waals surface area contributed by atoms with Crippen molar-refractivity contribution in [2.75, 3.05) is 7.11 Å². The molecule has 4 nitrogen and oxygen atoms in total. The second-order valence-electron chi connectivity index (χ2n) is 7.17. The quantitative estimate of drug-likeness (QED) is 0.627. The molecule has 0 bridgehead atoms. The lowest BCUT2D eigenvalue weighted by atomic mass is 9.81. The Hall–Kier alpha value is -1.71. The van der Waals surface area contributed by atoms with Crippen LogP contribution in [0.15, 0.2) is 18.2 Å². The van der Waals surface area contributed by atoms with Crippen molar-refractivity contribution in [2.45, 2.75) is 77.9 Å². The molecule has 1 unspecified atom stereocenters. The predicted octanol–water partition coefficient (Wildman–Crippen LogP) is 4.64. The standard InChI is InChI=1S/C21H33NO3/c1-5-7-8-9-17(6-2)22-21(23)16-13-18(14-16)25-20-12-15(3)10-11-19(20)24-4/h10-12,16-18H,5-9,13-14H2,1-4H3,(H,22,23). The summed E-state index contributed by atoms with van der Waals surface area (Å²) in [5.74, 6) is 1.80. The number of methoxy groups -OCH3 is 1. The minimum Gasteiger partial charge on any atom is -0.493 e. The maximum Gasteiger partial charge on any atom is 0.223 e. The fraction of sp³-hybridized carbons (Fsp3) is 0.667. The first-order chi connectivity index (χ1) is 12.1. The van der Waals surface area contributed by atoms with Crippen molar-refractivity contribution in [3.05, 3.63) is 23.8 Å². The van der Waals surface area contributed by atoms with E-state index in [0.29, 0.717) is 6.04 Å². The summed E-state index contributed by atoms with van der Waals surface area (Å²) < 4.78 is 11.4. The predicted molar refractivity (Wildman–Crippen MR) is 101 cm³/mol. The molecule has 25 heavy (non-hydrogen) atoms. The number of hydrogen-bond donors (Lipinski definition) is 1. The molecule has 0 saturated heterocycles. The van der Waals surface area contributed by atoms with E-state index in [9.17, 15) is 4.79 Å². The average molecular weight is 347 g/mol. The number of ether oxygens (including phenoxy) is 2. The lowest BCUT2D eigenvalue weighted by molar-refractivity contribution is -0.131. The van der Waals surface area contributed by atoms with Crippen LogP contribution in [0.4, 0.5) is 0 Å². The Labute approximate surface area is 152 Å². The van der Waals surface area contributed by atoms with E-state index in [0.717, 1.165) is 42.7 Å². The molecule has 1 fully saturated rings. The summed E-state index contributed by atoms with van der Waals surface area (Å²) in [6, 6.07) is 6.24. The topological polar surface area (TPSA) is 47.6 Å². The van der Waals surface area contributed by atoms with E-state index in [1.165, 1.54) is 19.3 Å². The van der Waals surface area contributed by atoms with Gasteiger partial charge in [0.05, 0.1) is 7.11 Å². The van der Waals surface area contributed by atoms with Crippen LogP contribution in [0.25, 0.3) is 0 Å². The number of unbranched alkanes of at least 4 members (excludes halogenated alkanes) is 2. The Morgan fingerprint density at radius 1 is 1.24 bits per heavy atom. The first kappa shape index (κ1) is 19.6. The van der Waals surface area contributed by atoms with E-state index in [1.807, 2.05) is 25.1 Å². The Bertz CT molecular complexity index is 552. The summed E-state index contributed by atoms with van der Waals surface area (Å²) >= 11 is 0. The Kier molecular flexibility index (Phi) is 7.60. The second-order valence-corrected chi connectivity index (χ2v) is 7.17. The molecule has 1 amide bonds. The summed E-state index contributed by atoms with van der Waals surface area (Å²) in [5.41, 5.74) is 1.14. The van der Waals surface area contributed by atoms with E-state index in [-0.39, 0.29) is 17.9 Å². The van der Waals surface area contributed by atoms with Gasteiger partial charge in [0.1, 0.15) is 6.10 Å². The number of amides is 1. The van der Waals surface area contributed by atoms with Gasteiger partial charge in [-0.1, -0.05) is 39.2 Å². The maximum absolute atomic E-state index is 12.4. The number of carbonyl (C=O) groups excluding carboxylic acids is 1. The van der Waals surface area contributed by atoms with Crippen LogP contribution in [0, 0.1) is 12.8 Å². The van der Waals surface area contributed by atoms with Crippen LogP contribution in [0.3, 0.4) is 0 Å². The van der Waals surface area contributed by atoms with Crippen molar-refractivity contribution in [1.29, 1.82) is 0 Å². The van der Waals surface area contributed by atoms with Gasteiger partial charge < -0.3 is 14.8 Å². The smallest absolute Gasteiger partial charge is 0.223 e. The fourth-order valence-corrected chi connectivity index (χ4v) is 3.27. The molecule has 1 aromatic rings. The SMILES string of the molecule is CCCCCC(CC)NC(=O)C1CC(Oc2cc(C)ccc2OC)C1. The molecule has 0 radical (unpaired) electrons. The monoisotopic (exact) mass is 347 g/mol. The normalized spacial score (nSPS) is 20.5. The van der Waals surface area contributed by atoms with Crippen LogP contribution in [-0.2, 0) is 4.79 Å². The summed E-state index contributed by atoms with van der Waals surface area (Å²) in [6.07, 6.45) is 7.41. The number of carbonyl (C=O) groups is 1. The van der Waals surface area contributed by atoms with Crippen molar-refractivity contribution in [1.82, 2.24) is 5.32 Å². The lowest BCUT2D eigenvalue weighted by Gasteiger charge is -2.35. The van der Waals surface area contributed by atoms with Gasteiger partial charge in [-0.25, -0.2) is 0 Å². The van der Waals surface area contributed by atoms with Crippen molar-refractivity contribution in [3.8, 4) is 11.5 Å². The molecular formula is C21H33NO3. The van der Waals surface area contributed by atoms with Gasteiger partial charge in [-0.05, 0) is 50.3 Å². The zero-order valence-corrected chi connectivity index (χ0v) is 16.1. The molecule has 140 valence electrons. The third kappa shape index (κ3) is 5.65. The molecular weight excluding hydrogens is 314 g/mol. The van der Waals surface area contributed by atoms with Crippen LogP contribution in [-0.4, -0.2) is 25.2 Å². The molecule has 0 heterocycles. The third-order valence-electron chi connectivity index (χ3n) is 5.07. The van der Waals surface area contributed by atoms with Gasteiger partial charge >= 0.3 is 0 Å². The fourth-order valence-electron chi connectivity index (χ4n) is 3.27. The number of nitrogens with one attached hydrogen (secondary N) is 1. The lowest BCUT2D eigenvalue weighted by Crippen LogP contribution is -2.46.